The molecule has 0 atom stereocenters. The number of anilines is 2. The van der Waals surface area contributed by atoms with E-state index in [0.29, 0.717) is 51.4 Å². The first-order valence-electron chi connectivity index (χ1n) is 21.7. The van der Waals surface area contributed by atoms with Crippen molar-refractivity contribution in [1.29, 1.82) is 0 Å². The molecule has 316 valence electrons. The molecule has 2 saturated heterocycles. The quantitative estimate of drug-likeness (QED) is 0.0517. The van der Waals surface area contributed by atoms with Crippen LogP contribution in [0.2, 0.25) is 0 Å². The Balaban J connectivity index is 0.830. The van der Waals surface area contributed by atoms with Gasteiger partial charge in [-0.2, -0.15) is 0 Å². The predicted molar refractivity (Wildman–Crippen MR) is 232 cm³/mol. The largest absolute Gasteiger partial charge is 0.455 e. The lowest BCUT2D eigenvalue weighted by molar-refractivity contribution is -0.384. The van der Waals surface area contributed by atoms with Crippen LogP contribution >= 0.6 is 11.9 Å². The van der Waals surface area contributed by atoms with Gasteiger partial charge in [0.25, 0.3) is 11.6 Å². The molecule has 6 fully saturated rings. The number of allylic oxidation sites excluding steroid dienone is 1. The van der Waals surface area contributed by atoms with Gasteiger partial charge in [0.15, 0.2) is 0 Å². The van der Waals surface area contributed by atoms with Gasteiger partial charge in [0.1, 0.15) is 28.5 Å². The van der Waals surface area contributed by atoms with Crippen LogP contribution in [0.5, 0.6) is 11.5 Å². The van der Waals surface area contributed by atoms with Gasteiger partial charge in [0, 0.05) is 99.6 Å². The smallest absolute Gasteiger partial charge is 0.293 e. The molecule has 1 spiro atoms. The first-order valence-corrected chi connectivity index (χ1v) is 22.5. The van der Waals surface area contributed by atoms with Gasteiger partial charge in [-0.3, -0.25) is 24.5 Å². The number of carbonyl (C=O) groups is 1. The Kier molecular flexibility index (Phi) is 10.1. The molecule has 2 aromatic heterocycles. The van der Waals surface area contributed by atoms with Gasteiger partial charge >= 0.3 is 0 Å². The predicted octanol–water partition coefficient (Wildman–Crippen LogP) is 9.59. The van der Waals surface area contributed by atoms with Gasteiger partial charge in [-0.25, -0.2) is 9.37 Å². The van der Waals surface area contributed by atoms with Crippen molar-refractivity contribution in [2.75, 3.05) is 62.7 Å². The Labute approximate surface area is 354 Å². The summed E-state index contributed by atoms with van der Waals surface area (Å²) in [6, 6.07) is 14.1. The number of pyridine rings is 1. The first-order chi connectivity index (χ1) is 29.0. The van der Waals surface area contributed by atoms with Gasteiger partial charge in [0.2, 0.25) is 0 Å². The number of hydrogen-bond donors (Lipinski definition) is 3. The summed E-state index contributed by atoms with van der Waals surface area (Å²) in [5.74, 6) is 0.472. The van der Waals surface area contributed by atoms with E-state index >= 15 is 4.39 Å². The average Bonchev–Trinajstić information content (AvgIpc) is 3.69. The zero-order valence-corrected chi connectivity index (χ0v) is 35.1. The first kappa shape index (κ1) is 39.5. The van der Waals surface area contributed by atoms with Gasteiger partial charge in [-0.05, 0) is 116 Å². The number of nitro groups is 1. The maximum Gasteiger partial charge on any atom is 0.293 e. The molecule has 2 aromatic carbocycles. The fourth-order valence-electron chi connectivity index (χ4n) is 11.3. The number of nitrogens with one attached hydrogen (secondary N) is 3. The second-order valence-electron chi connectivity index (χ2n) is 19.0. The number of aromatic amines is 1. The minimum Gasteiger partial charge on any atom is -0.455 e. The molecule has 12 nitrogen and oxygen atoms in total. The molecule has 4 aromatic rings. The summed E-state index contributed by atoms with van der Waals surface area (Å²) >= 11 is 0.973. The number of H-pyrrole nitrogens is 1. The molecule has 11 rings (SSSR count). The van der Waals surface area contributed by atoms with Gasteiger partial charge in [-0.1, -0.05) is 24.5 Å². The zero-order chi connectivity index (χ0) is 41.1. The molecule has 7 aliphatic rings. The number of amides is 1. The zero-order valence-electron chi connectivity index (χ0n) is 34.3. The molecule has 5 aliphatic carbocycles. The van der Waals surface area contributed by atoms with E-state index in [-0.39, 0.29) is 30.8 Å². The summed E-state index contributed by atoms with van der Waals surface area (Å²) < 4.78 is 29.8. The normalized spacial score (nSPS) is 25.6. The molecule has 4 heterocycles. The van der Waals surface area contributed by atoms with Crippen molar-refractivity contribution in [3.05, 3.63) is 87.7 Å². The van der Waals surface area contributed by atoms with Crippen molar-refractivity contribution in [3.63, 3.8) is 0 Å². The highest BCUT2D eigenvalue weighted by molar-refractivity contribution is 7.98. The van der Waals surface area contributed by atoms with E-state index in [0.717, 1.165) is 61.4 Å². The number of halogens is 1. The lowest BCUT2D eigenvalue weighted by Crippen LogP contribution is -2.62. The monoisotopic (exact) mass is 835 g/mol. The standard InChI is InChI=1S/C46H54FN7O5S/c1-43-27-45(28-43,29-43)37-24-44(9-2-10-44)11-7-32(37)26-52-15-17-53(18-16-52)33-3-5-36(40(22-33)59-34-21-31-8-14-48-41(31)49-25-34)42(55)51-60-35-4-6-38(39(23-35)54(56)57)50-30-46(47)12-19-58-20-13-46/h3-6,8,14,21-23,25,50H,2,7,9-13,15-20,24,26-30H2,1H3,(H,48,49)(H,51,55). The molecule has 3 N–H and O–H groups in total. The van der Waals surface area contributed by atoms with E-state index in [1.165, 1.54) is 63.9 Å². The Morgan fingerprint density at radius 3 is 2.57 bits per heavy atom. The van der Waals surface area contributed by atoms with E-state index in [9.17, 15) is 14.9 Å². The fourth-order valence-corrected chi connectivity index (χ4v) is 12.0. The number of nitro benzene ring substituents is 1. The second-order valence-corrected chi connectivity index (χ2v) is 19.8. The number of carbonyl (C=O) groups excluding carboxylic acids is 1. The van der Waals surface area contributed by atoms with Crippen molar-refractivity contribution < 1.29 is 23.6 Å². The summed E-state index contributed by atoms with van der Waals surface area (Å²) in [5, 5.41) is 15.9. The van der Waals surface area contributed by atoms with Crippen LogP contribution in [0.1, 0.15) is 87.9 Å². The van der Waals surface area contributed by atoms with Crippen molar-refractivity contribution in [2.24, 2.45) is 16.2 Å². The molecule has 4 saturated carbocycles. The van der Waals surface area contributed by atoms with Crippen LogP contribution in [0.4, 0.5) is 21.5 Å². The summed E-state index contributed by atoms with van der Waals surface area (Å²) in [6.07, 6.45) is 16.4. The van der Waals surface area contributed by atoms with Crippen LogP contribution in [0.3, 0.4) is 0 Å². The third kappa shape index (κ3) is 7.64. The summed E-state index contributed by atoms with van der Waals surface area (Å²) in [6.45, 7) is 7.85. The van der Waals surface area contributed by atoms with Crippen LogP contribution in [0, 0.1) is 26.4 Å². The van der Waals surface area contributed by atoms with Crippen molar-refractivity contribution >= 4 is 46.0 Å². The van der Waals surface area contributed by atoms with Crippen molar-refractivity contribution in [1.82, 2.24) is 19.6 Å². The average molecular weight is 836 g/mol. The Morgan fingerprint density at radius 1 is 1.03 bits per heavy atom. The van der Waals surface area contributed by atoms with Gasteiger partial charge < -0.3 is 24.7 Å². The fraction of sp³-hybridized carbons (Fsp3) is 0.522. The minimum atomic E-state index is -1.50. The third-order valence-electron chi connectivity index (χ3n) is 14.7. The van der Waals surface area contributed by atoms with Crippen LogP contribution in [-0.2, 0) is 4.74 Å². The van der Waals surface area contributed by atoms with E-state index in [4.69, 9.17) is 9.47 Å². The number of alkyl halides is 1. The molecular weight excluding hydrogens is 782 g/mol. The molecule has 0 unspecified atom stereocenters. The summed E-state index contributed by atoms with van der Waals surface area (Å²) in [7, 11) is 0. The Bertz CT molecular complexity index is 2330. The molecule has 14 heteroatoms. The topological polar surface area (TPSA) is 138 Å². The van der Waals surface area contributed by atoms with Crippen LogP contribution in [-0.4, -0.2) is 83.8 Å². The second kappa shape index (κ2) is 15.4. The molecule has 2 bridgehead atoms. The maximum absolute atomic E-state index is 15.2. The van der Waals surface area contributed by atoms with E-state index < -0.39 is 16.5 Å². The number of piperazine rings is 1. The Morgan fingerprint density at radius 2 is 1.83 bits per heavy atom. The van der Waals surface area contributed by atoms with Crippen molar-refractivity contribution in [3.8, 4) is 11.5 Å². The highest BCUT2D eigenvalue weighted by atomic mass is 32.2. The van der Waals surface area contributed by atoms with Crippen LogP contribution < -0.4 is 19.7 Å². The highest BCUT2D eigenvalue weighted by Crippen LogP contribution is 2.78. The van der Waals surface area contributed by atoms with Crippen molar-refractivity contribution in [2.45, 2.75) is 88.1 Å². The number of benzene rings is 2. The molecule has 2 aliphatic heterocycles. The number of hydrogen-bond acceptors (Lipinski definition) is 10. The van der Waals surface area contributed by atoms with E-state index in [2.05, 4.69) is 36.7 Å². The summed E-state index contributed by atoms with van der Waals surface area (Å²) in [5.41, 5.74) is 5.91. The highest BCUT2D eigenvalue weighted by Gasteiger charge is 2.67. The summed E-state index contributed by atoms with van der Waals surface area (Å²) in [4.78, 5) is 38.5. The lowest BCUT2D eigenvalue weighted by atomic mass is 9.32. The molecular formula is C46H54FN7O5S. The molecule has 0 radical (unpaired) electrons. The third-order valence-corrected chi connectivity index (χ3v) is 15.4. The maximum atomic E-state index is 15.2. The Hall–Kier alpha value is -4.66. The minimum absolute atomic E-state index is 0.0543. The van der Waals surface area contributed by atoms with Crippen LogP contribution in [0.25, 0.3) is 11.0 Å². The van der Waals surface area contributed by atoms with Gasteiger partial charge in [0.05, 0.1) is 16.7 Å². The molecule has 1 amide bonds. The lowest BCUT2D eigenvalue weighted by Gasteiger charge is -2.72. The number of nitrogens with zero attached hydrogens (tertiary/aromatic N) is 4. The number of fused-ring (bicyclic) bond motifs is 1. The van der Waals surface area contributed by atoms with Gasteiger partial charge in [-0.15, -0.1) is 0 Å². The molecule has 60 heavy (non-hydrogen) atoms. The number of aromatic nitrogens is 2. The van der Waals surface area contributed by atoms with Crippen LogP contribution in [0.15, 0.2) is 77.0 Å². The van der Waals surface area contributed by atoms with E-state index in [1.807, 2.05) is 36.0 Å². The van der Waals surface area contributed by atoms with E-state index in [1.54, 1.807) is 30.0 Å². The number of ether oxygens (including phenoxy) is 2. The SMILES string of the molecule is CC12CC(C3=C(CN4CCN(c5ccc(C(=O)NSc6ccc(NCC7(F)CCOCC7)c([N+](=O)[O-])c6)c(Oc6cnc7[nH]ccc7c6)c5)CC4)CCC4(CCC4)C3)(C1)C2. The number of rotatable bonds is 13.